The number of amides is 1. The summed E-state index contributed by atoms with van der Waals surface area (Å²) in [5.74, 6) is 0.447. The Labute approximate surface area is 101 Å². The van der Waals surface area contributed by atoms with Gasteiger partial charge in [0.05, 0.1) is 7.11 Å². The molecular formula is C14H14NO2. The Hall–Kier alpha value is -2.03. The number of allylic oxidation sites excluding steroid dienone is 3. The van der Waals surface area contributed by atoms with Crippen molar-refractivity contribution in [2.75, 3.05) is 7.11 Å². The van der Waals surface area contributed by atoms with Crippen molar-refractivity contribution in [3.05, 3.63) is 53.6 Å². The third kappa shape index (κ3) is 2.38. The van der Waals surface area contributed by atoms with Crippen molar-refractivity contribution >= 4 is 5.91 Å². The Balaban J connectivity index is 2.29. The van der Waals surface area contributed by atoms with Gasteiger partial charge >= 0.3 is 0 Å². The molecule has 1 atom stereocenters. The van der Waals surface area contributed by atoms with Crippen molar-refractivity contribution in [3.8, 4) is 5.75 Å². The van der Waals surface area contributed by atoms with Crippen LogP contribution in [0, 0.1) is 6.08 Å². The quantitative estimate of drug-likeness (QED) is 0.859. The van der Waals surface area contributed by atoms with E-state index >= 15 is 0 Å². The number of nitrogens with two attached hydrogens (primary N) is 1. The molecule has 0 unspecified atom stereocenters. The van der Waals surface area contributed by atoms with Gasteiger partial charge in [-0.05, 0) is 36.3 Å². The first kappa shape index (κ1) is 11.5. The lowest BCUT2D eigenvalue weighted by Gasteiger charge is -2.19. The fraction of sp³-hybridized carbons (Fsp3) is 0.214. The monoisotopic (exact) mass is 228 g/mol. The van der Waals surface area contributed by atoms with Crippen LogP contribution in [0.4, 0.5) is 0 Å². The largest absolute Gasteiger partial charge is 0.497 e. The van der Waals surface area contributed by atoms with Crippen LogP contribution in [-0.4, -0.2) is 13.0 Å². The average Bonchev–Trinajstić information content (AvgIpc) is 2.39. The fourth-order valence-corrected chi connectivity index (χ4v) is 1.96. The summed E-state index contributed by atoms with van der Waals surface area (Å²) in [6, 6.07) is 7.69. The van der Waals surface area contributed by atoms with Crippen LogP contribution in [0.1, 0.15) is 17.9 Å². The molecule has 1 amide bonds. The molecule has 3 nitrogen and oxygen atoms in total. The number of carbonyl (C=O) groups excluding carboxylic acids is 1. The van der Waals surface area contributed by atoms with Crippen LogP contribution in [0.3, 0.4) is 0 Å². The average molecular weight is 228 g/mol. The number of benzene rings is 1. The van der Waals surface area contributed by atoms with Crippen molar-refractivity contribution < 1.29 is 9.53 Å². The smallest absolute Gasteiger partial charge is 0.245 e. The predicted octanol–water partition coefficient (Wildman–Crippen LogP) is 1.95. The molecule has 0 spiro atoms. The first-order valence-corrected chi connectivity index (χ1v) is 5.44. The highest BCUT2D eigenvalue weighted by Crippen LogP contribution is 2.31. The van der Waals surface area contributed by atoms with Gasteiger partial charge in [0.2, 0.25) is 5.91 Å². The van der Waals surface area contributed by atoms with Crippen molar-refractivity contribution in [1.29, 1.82) is 0 Å². The second-order valence-corrected chi connectivity index (χ2v) is 3.90. The van der Waals surface area contributed by atoms with Crippen molar-refractivity contribution in [1.82, 2.24) is 0 Å². The second kappa shape index (κ2) is 4.87. The summed E-state index contributed by atoms with van der Waals surface area (Å²) in [5.41, 5.74) is 7.04. The topological polar surface area (TPSA) is 52.3 Å². The van der Waals surface area contributed by atoms with Gasteiger partial charge in [-0.1, -0.05) is 18.2 Å². The van der Waals surface area contributed by atoms with Gasteiger partial charge < -0.3 is 10.5 Å². The van der Waals surface area contributed by atoms with Crippen LogP contribution >= 0.6 is 0 Å². The van der Waals surface area contributed by atoms with Crippen LogP contribution in [0.25, 0.3) is 0 Å². The molecular weight excluding hydrogens is 214 g/mol. The van der Waals surface area contributed by atoms with Gasteiger partial charge in [0.25, 0.3) is 0 Å². The van der Waals surface area contributed by atoms with Gasteiger partial charge in [-0.3, -0.25) is 4.79 Å². The third-order valence-corrected chi connectivity index (χ3v) is 2.89. The molecule has 1 aromatic rings. The van der Waals surface area contributed by atoms with E-state index in [9.17, 15) is 4.79 Å². The van der Waals surface area contributed by atoms with E-state index in [4.69, 9.17) is 10.5 Å². The maximum absolute atomic E-state index is 11.3. The highest BCUT2D eigenvalue weighted by Gasteiger charge is 2.21. The van der Waals surface area contributed by atoms with E-state index < -0.39 is 0 Å². The highest BCUT2D eigenvalue weighted by atomic mass is 16.5. The van der Waals surface area contributed by atoms with Gasteiger partial charge in [0, 0.05) is 11.5 Å². The van der Waals surface area contributed by atoms with Gasteiger partial charge in [0.1, 0.15) is 5.75 Å². The lowest BCUT2D eigenvalue weighted by molar-refractivity contribution is -0.114. The van der Waals surface area contributed by atoms with Crippen LogP contribution < -0.4 is 10.5 Å². The molecule has 2 N–H and O–H groups in total. The molecule has 17 heavy (non-hydrogen) atoms. The van der Waals surface area contributed by atoms with E-state index in [0.717, 1.165) is 17.7 Å². The summed E-state index contributed by atoms with van der Waals surface area (Å²) >= 11 is 0. The summed E-state index contributed by atoms with van der Waals surface area (Å²) in [5, 5.41) is 0. The summed E-state index contributed by atoms with van der Waals surface area (Å²) in [6.45, 7) is 0. The van der Waals surface area contributed by atoms with Crippen LogP contribution in [0.5, 0.6) is 5.75 Å². The molecule has 1 aliphatic carbocycles. The minimum Gasteiger partial charge on any atom is -0.497 e. The molecule has 3 heteroatoms. The number of hydrogen-bond acceptors (Lipinski definition) is 2. The van der Waals surface area contributed by atoms with Gasteiger partial charge in [-0.15, -0.1) is 0 Å². The van der Waals surface area contributed by atoms with E-state index in [1.165, 1.54) is 0 Å². The normalized spacial score (nSPS) is 18.6. The van der Waals surface area contributed by atoms with Gasteiger partial charge in [-0.25, -0.2) is 0 Å². The van der Waals surface area contributed by atoms with E-state index in [2.05, 4.69) is 6.08 Å². The zero-order valence-corrected chi connectivity index (χ0v) is 9.64. The van der Waals surface area contributed by atoms with E-state index in [1.807, 2.05) is 30.3 Å². The molecule has 1 aromatic carbocycles. The molecule has 87 valence electrons. The Morgan fingerprint density at radius 1 is 1.41 bits per heavy atom. The maximum atomic E-state index is 11.3. The van der Waals surface area contributed by atoms with Gasteiger partial charge in [-0.2, -0.15) is 0 Å². The number of methoxy groups -OCH3 is 1. The Kier molecular flexibility index (Phi) is 3.28. The molecule has 0 bridgehead atoms. The molecule has 0 heterocycles. The minimum atomic E-state index is -0.383. The van der Waals surface area contributed by atoms with E-state index in [-0.39, 0.29) is 11.8 Å². The molecule has 0 saturated carbocycles. The molecule has 0 aliphatic heterocycles. The third-order valence-electron chi connectivity index (χ3n) is 2.89. The number of carbonyl (C=O) groups is 1. The maximum Gasteiger partial charge on any atom is 0.245 e. The molecule has 2 rings (SSSR count). The first-order chi connectivity index (χ1) is 8.22. The molecule has 0 saturated heterocycles. The zero-order chi connectivity index (χ0) is 12.3. The number of hydrogen-bond donors (Lipinski definition) is 1. The summed E-state index contributed by atoms with van der Waals surface area (Å²) < 4.78 is 5.10. The first-order valence-electron chi connectivity index (χ1n) is 5.44. The van der Waals surface area contributed by atoms with Crippen molar-refractivity contribution in [3.63, 3.8) is 0 Å². The zero-order valence-electron chi connectivity index (χ0n) is 9.64. The lowest BCUT2D eigenvalue weighted by atomic mass is 9.85. The summed E-state index contributed by atoms with van der Waals surface area (Å²) in [4.78, 5) is 11.3. The van der Waals surface area contributed by atoms with Crippen molar-refractivity contribution in [2.45, 2.75) is 12.3 Å². The number of ether oxygens (including phenoxy) is 1. The van der Waals surface area contributed by atoms with Crippen LogP contribution in [0.2, 0.25) is 0 Å². The molecule has 0 aromatic heterocycles. The molecule has 1 aliphatic rings. The lowest BCUT2D eigenvalue weighted by Crippen LogP contribution is -2.20. The predicted molar refractivity (Wildman–Crippen MR) is 65.4 cm³/mol. The van der Waals surface area contributed by atoms with E-state index in [0.29, 0.717) is 5.57 Å². The number of primary amides is 1. The molecule has 0 fully saturated rings. The van der Waals surface area contributed by atoms with Crippen molar-refractivity contribution in [2.24, 2.45) is 5.73 Å². The second-order valence-electron chi connectivity index (χ2n) is 3.90. The number of rotatable bonds is 3. The Bertz CT molecular complexity index is 472. The standard InChI is InChI=1S/C14H14NO2/c1-17-11-8-6-10(7-9-11)12-4-2-3-5-13(12)14(15)16/h2,5-9,12H,4H2,1H3,(H2,15,16)/t12-/m0/s1. The Morgan fingerprint density at radius 3 is 2.71 bits per heavy atom. The Morgan fingerprint density at radius 2 is 2.12 bits per heavy atom. The summed E-state index contributed by atoms with van der Waals surface area (Å²) in [6.07, 6.45) is 7.26. The van der Waals surface area contributed by atoms with E-state index in [1.54, 1.807) is 13.2 Å². The fourth-order valence-electron chi connectivity index (χ4n) is 1.96. The van der Waals surface area contributed by atoms with Gasteiger partial charge in [0.15, 0.2) is 0 Å². The minimum absolute atomic E-state index is 0.0275. The van der Waals surface area contributed by atoms with Crippen LogP contribution in [0.15, 0.2) is 42.0 Å². The SMILES string of the molecule is COc1ccc([C@@H]2CC=[C]C=C2C(N)=O)cc1. The highest BCUT2D eigenvalue weighted by molar-refractivity contribution is 5.94. The van der Waals surface area contributed by atoms with Crippen LogP contribution in [-0.2, 0) is 4.79 Å². The summed E-state index contributed by atoms with van der Waals surface area (Å²) in [7, 11) is 1.63. The molecule has 1 radical (unpaired) electrons.